The second-order valence-electron chi connectivity index (χ2n) is 6.12. The molecular weight excluding hydrogens is 280 g/mol. The quantitative estimate of drug-likeness (QED) is 0.506. The predicted molar refractivity (Wildman–Crippen MR) is 81.2 cm³/mol. The van der Waals surface area contributed by atoms with E-state index in [1.165, 1.54) is 11.9 Å². The first-order chi connectivity index (χ1) is 8.85. The van der Waals surface area contributed by atoms with Gasteiger partial charge in [0.05, 0.1) is 0 Å². The Morgan fingerprint density at radius 1 is 1.00 bits per heavy atom. The van der Waals surface area contributed by atoms with E-state index in [1.54, 1.807) is 47.8 Å². The molecule has 0 aliphatic heterocycles. The van der Waals surface area contributed by atoms with Gasteiger partial charge in [-0.2, -0.15) is 4.99 Å². The highest BCUT2D eigenvalue weighted by molar-refractivity contribution is 8.13. The summed E-state index contributed by atoms with van der Waals surface area (Å²) in [5, 5.41) is 0.216. The van der Waals surface area contributed by atoms with Crippen molar-refractivity contribution in [2.75, 3.05) is 13.3 Å². The largest absolute Gasteiger partial charge is 0.443 e. The summed E-state index contributed by atoms with van der Waals surface area (Å²) < 4.78 is 10.3. The SMILES string of the molecule is CSC(=NC(=O)OC(C)(C)C)N(C)C(=O)OC(C)(C)C. The van der Waals surface area contributed by atoms with E-state index < -0.39 is 23.4 Å². The Kier molecular flexibility index (Phi) is 6.53. The summed E-state index contributed by atoms with van der Waals surface area (Å²) in [6.45, 7) is 10.5. The third kappa shape index (κ3) is 8.04. The van der Waals surface area contributed by atoms with E-state index in [1.807, 2.05) is 0 Å². The predicted octanol–water partition coefficient (Wildman–Crippen LogP) is 3.51. The lowest BCUT2D eigenvalue weighted by atomic mass is 10.2. The van der Waals surface area contributed by atoms with Crippen molar-refractivity contribution in [2.45, 2.75) is 52.7 Å². The van der Waals surface area contributed by atoms with Crippen LogP contribution in [0.15, 0.2) is 4.99 Å². The van der Waals surface area contributed by atoms with Gasteiger partial charge < -0.3 is 9.47 Å². The standard InChI is InChI=1S/C13H24N2O4S/c1-12(2,3)18-10(16)14-9(20-8)15(7)11(17)19-13(4,5)6/h1-8H3. The molecule has 0 radical (unpaired) electrons. The van der Waals surface area contributed by atoms with Gasteiger partial charge >= 0.3 is 12.2 Å². The van der Waals surface area contributed by atoms with Crippen molar-refractivity contribution in [1.29, 1.82) is 0 Å². The molecule has 6 nitrogen and oxygen atoms in total. The molecule has 20 heavy (non-hydrogen) atoms. The molecule has 0 atom stereocenters. The number of hydrogen-bond donors (Lipinski definition) is 0. The first-order valence-corrected chi connectivity index (χ1v) is 7.40. The zero-order valence-electron chi connectivity index (χ0n) is 13.4. The van der Waals surface area contributed by atoms with Crippen molar-refractivity contribution in [2.24, 2.45) is 4.99 Å². The number of amides is 2. The van der Waals surface area contributed by atoms with E-state index in [0.29, 0.717) is 0 Å². The molecule has 0 aromatic heterocycles. The number of aliphatic imine (C=N–C) groups is 1. The van der Waals surface area contributed by atoms with Crippen molar-refractivity contribution >= 4 is 29.1 Å². The fourth-order valence-corrected chi connectivity index (χ4v) is 1.54. The Balaban J connectivity index is 4.90. The number of amidine groups is 1. The van der Waals surface area contributed by atoms with E-state index in [0.717, 1.165) is 11.8 Å². The molecule has 0 heterocycles. The summed E-state index contributed by atoms with van der Waals surface area (Å²) in [6, 6.07) is 0. The van der Waals surface area contributed by atoms with Crippen LogP contribution >= 0.6 is 11.8 Å². The van der Waals surface area contributed by atoms with Gasteiger partial charge in [0, 0.05) is 7.05 Å². The molecule has 0 aromatic rings. The lowest BCUT2D eigenvalue weighted by molar-refractivity contribution is 0.0405. The summed E-state index contributed by atoms with van der Waals surface area (Å²) in [4.78, 5) is 28.5. The van der Waals surface area contributed by atoms with Crippen molar-refractivity contribution in [3.8, 4) is 0 Å². The Morgan fingerprint density at radius 2 is 1.45 bits per heavy atom. The van der Waals surface area contributed by atoms with Gasteiger partial charge in [0.25, 0.3) is 0 Å². The number of ether oxygens (including phenoxy) is 2. The molecule has 0 aromatic carbocycles. The van der Waals surface area contributed by atoms with Gasteiger partial charge in [-0.25, -0.2) is 9.59 Å². The molecule has 2 amide bonds. The van der Waals surface area contributed by atoms with Crippen LogP contribution in [-0.2, 0) is 9.47 Å². The van der Waals surface area contributed by atoms with Crippen LogP contribution in [0.2, 0.25) is 0 Å². The average Bonchev–Trinajstić information content (AvgIpc) is 2.19. The van der Waals surface area contributed by atoms with Gasteiger partial charge in [0.15, 0.2) is 5.17 Å². The van der Waals surface area contributed by atoms with Crippen molar-refractivity contribution in [3.05, 3.63) is 0 Å². The molecule has 7 heteroatoms. The van der Waals surface area contributed by atoms with Gasteiger partial charge in [0.1, 0.15) is 11.2 Å². The molecule has 0 aliphatic carbocycles. The van der Waals surface area contributed by atoms with Crippen LogP contribution in [0, 0.1) is 0 Å². The molecule has 0 spiro atoms. The smallest absolute Gasteiger partial charge is 0.436 e. The first-order valence-electron chi connectivity index (χ1n) is 6.18. The van der Waals surface area contributed by atoms with Gasteiger partial charge in [-0.05, 0) is 47.8 Å². The summed E-state index contributed by atoms with van der Waals surface area (Å²) in [6.07, 6.45) is 0.399. The number of nitrogens with zero attached hydrogens (tertiary/aromatic N) is 2. The Bertz CT molecular complexity index is 394. The Morgan fingerprint density at radius 3 is 1.80 bits per heavy atom. The van der Waals surface area contributed by atoms with Crippen LogP contribution in [0.25, 0.3) is 0 Å². The highest BCUT2D eigenvalue weighted by atomic mass is 32.2. The Labute approximate surface area is 124 Å². The number of hydrogen-bond acceptors (Lipinski definition) is 5. The molecule has 0 aliphatic rings. The van der Waals surface area contributed by atoms with Crippen LogP contribution in [-0.4, -0.2) is 46.8 Å². The summed E-state index contributed by atoms with van der Waals surface area (Å²) >= 11 is 1.16. The minimum Gasteiger partial charge on any atom is -0.443 e. The fourth-order valence-electron chi connectivity index (χ4n) is 1.03. The maximum Gasteiger partial charge on any atom is 0.436 e. The van der Waals surface area contributed by atoms with Crippen LogP contribution in [0.1, 0.15) is 41.5 Å². The highest BCUT2D eigenvalue weighted by Gasteiger charge is 2.24. The van der Waals surface area contributed by atoms with E-state index >= 15 is 0 Å². The van der Waals surface area contributed by atoms with Gasteiger partial charge in [-0.3, -0.25) is 4.90 Å². The normalized spacial score (nSPS) is 12.9. The average molecular weight is 304 g/mol. The molecule has 0 unspecified atom stereocenters. The molecule has 0 saturated heterocycles. The minimum absolute atomic E-state index is 0.216. The van der Waals surface area contributed by atoms with Crippen LogP contribution in [0.4, 0.5) is 9.59 Å². The van der Waals surface area contributed by atoms with Gasteiger partial charge in [-0.15, -0.1) is 0 Å². The molecular formula is C13H24N2O4S. The molecule has 0 fully saturated rings. The minimum atomic E-state index is -0.739. The number of rotatable bonds is 0. The second kappa shape index (κ2) is 6.97. The second-order valence-corrected chi connectivity index (χ2v) is 6.89. The summed E-state index contributed by atoms with van der Waals surface area (Å²) in [7, 11) is 1.49. The zero-order chi connectivity index (χ0) is 16.1. The molecule has 0 N–H and O–H groups in total. The zero-order valence-corrected chi connectivity index (χ0v) is 14.3. The van der Waals surface area contributed by atoms with Crippen molar-refractivity contribution < 1.29 is 19.1 Å². The van der Waals surface area contributed by atoms with E-state index in [2.05, 4.69) is 4.99 Å². The van der Waals surface area contributed by atoms with Crippen LogP contribution in [0.3, 0.4) is 0 Å². The third-order valence-corrected chi connectivity index (χ3v) is 2.45. The van der Waals surface area contributed by atoms with Gasteiger partial charge in [-0.1, -0.05) is 11.8 Å². The van der Waals surface area contributed by atoms with Crippen LogP contribution < -0.4 is 0 Å². The number of carbonyl (C=O) groups excluding carboxylic acids is 2. The molecule has 116 valence electrons. The van der Waals surface area contributed by atoms with Crippen LogP contribution in [0.5, 0.6) is 0 Å². The van der Waals surface area contributed by atoms with Crippen molar-refractivity contribution in [3.63, 3.8) is 0 Å². The molecule has 0 bridgehead atoms. The monoisotopic (exact) mass is 304 g/mol. The molecule has 0 rings (SSSR count). The lowest BCUT2D eigenvalue weighted by Crippen LogP contribution is -2.37. The lowest BCUT2D eigenvalue weighted by Gasteiger charge is -2.24. The topological polar surface area (TPSA) is 68.2 Å². The molecule has 0 saturated carbocycles. The van der Waals surface area contributed by atoms with Crippen molar-refractivity contribution in [1.82, 2.24) is 4.90 Å². The van der Waals surface area contributed by atoms with Gasteiger partial charge in [0.2, 0.25) is 0 Å². The highest BCUT2D eigenvalue weighted by Crippen LogP contribution is 2.14. The van der Waals surface area contributed by atoms with E-state index in [4.69, 9.17) is 9.47 Å². The van der Waals surface area contributed by atoms with E-state index in [9.17, 15) is 9.59 Å². The summed E-state index contributed by atoms with van der Waals surface area (Å²) in [5.74, 6) is 0. The number of thioether (sulfide) groups is 1. The summed E-state index contributed by atoms with van der Waals surface area (Å²) in [5.41, 5.74) is -1.24. The Hall–Kier alpha value is -1.24. The maximum absolute atomic E-state index is 11.9. The third-order valence-electron chi connectivity index (χ3n) is 1.72. The maximum atomic E-state index is 11.9. The number of carbonyl (C=O) groups is 2. The van der Waals surface area contributed by atoms with E-state index in [-0.39, 0.29) is 5.17 Å². The first kappa shape index (κ1) is 18.8. The fraction of sp³-hybridized carbons (Fsp3) is 0.769.